The number of benzene rings is 1. The number of alkyl halides is 3. The maximum atomic E-state index is 14.0. The lowest BCUT2D eigenvalue weighted by molar-refractivity contribution is -0.137. The van der Waals surface area contributed by atoms with E-state index in [-0.39, 0.29) is 83.2 Å². The van der Waals surface area contributed by atoms with Crippen molar-refractivity contribution in [3.05, 3.63) is 62.4 Å². The number of aryl methyl sites for hydroxylation is 1. The molecule has 1 aromatic carbocycles. The molecule has 0 saturated carbocycles. The Bertz CT molecular complexity index is 1930. The molecule has 0 unspecified atom stereocenters. The monoisotopic (exact) mass is 674 g/mol. The summed E-state index contributed by atoms with van der Waals surface area (Å²) in [7, 11) is 3.36. The van der Waals surface area contributed by atoms with Crippen molar-refractivity contribution in [3.8, 4) is 5.75 Å². The first kappa shape index (κ1) is 33.3. The molecular formula is C29H30ClF3N10O4. The number of rotatable bonds is 7. The van der Waals surface area contributed by atoms with Gasteiger partial charge in [-0.15, -0.1) is 10.2 Å². The van der Waals surface area contributed by atoms with Crippen LogP contribution in [-0.2, 0) is 23.9 Å². The molecule has 248 valence electrons. The molecule has 1 aliphatic rings. The highest BCUT2D eigenvalue weighted by molar-refractivity contribution is 6.33. The van der Waals surface area contributed by atoms with Crippen molar-refractivity contribution in [2.75, 3.05) is 55.4 Å². The van der Waals surface area contributed by atoms with Crippen LogP contribution < -0.4 is 20.5 Å². The first-order valence-electron chi connectivity index (χ1n) is 14.4. The zero-order valence-corrected chi connectivity index (χ0v) is 26.5. The fourth-order valence-electron chi connectivity index (χ4n) is 5.22. The maximum Gasteiger partial charge on any atom is 0.416 e. The summed E-state index contributed by atoms with van der Waals surface area (Å²) in [6, 6.07) is 2.59. The Kier molecular flexibility index (Phi) is 9.20. The molecule has 3 aromatic heterocycles. The van der Waals surface area contributed by atoms with E-state index in [9.17, 15) is 32.7 Å². The van der Waals surface area contributed by atoms with E-state index in [1.54, 1.807) is 37.7 Å². The van der Waals surface area contributed by atoms with E-state index in [1.165, 1.54) is 15.8 Å². The van der Waals surface area contributed by atoms with E-state index in [0.717, 1.165) is 18.2 Å². The predicted octanol–water partition coefficient (Wildman–Crippen LogP) is 2.89. The highest BCUT2D eigenvalue weighted by Crippen LogP contribution is 2.34. The molecule has 0 spiro atoms. The molecule has 47 heavy (non-hydrogen) atoms. The molecule has 0 bridgehead atoms. The Morgan fingerprint density at radius 1 is 1.11 bits per heavy atom. The van der Waals surface area contributed by atoms with Gasteiger partial charge in [0.15, 0.2) is 22.6 Å². The number of halogens is 4. The topological polar surface area (TPSA) is 163 Å². The highest BCUT2D eigenvalue weighted by Gasteiger charge is 2.32. The lowest BCUT2D eigenvalue weighted by Crippen LogP contribution is -2.50. The zero-order valence-electron chi connectivity index (χ0n) is 25.8. The smallest absolute Gasteiger partial charge is 0.416 e. The minimum absolute atomic E-state index is 0.0295. The van der Waals surface area contributed by atoms with Gasteiger partial charge >= 0.3 is 6.18 Å². The molecule has 0 aliphatic carbocycles. The van der Waals surface area contributed by atoms with Crippen molar-refractivity contribution in [1.29, 1.82) is 0 Å². The van der Waals surface area contributed by atoms with Crippen LogP contribution in [0.4, 0.5) is 30.5 Å². The molecule has 1 saturated heterocycles. The van der Waals surface area contributed by atoms with Gasteiger partial charge < -0.3 is 29.7 Å². The molecule has 18 heteroatoms. The van der Waals surface area contributed by atoms with Crippen LogP contribution in [0.3, 0.4) is 0 Å². The first-order valence-corrected chi connectivity index (χ1v) is 14.8. The Balaban J connectivity index is 1.49. The van der Waals surface area contributed by atoms with Gasteiger partial charge in [-0.05, 0) is 31.5 Å². The third kappa shape index (κ3) is 6.61. The molecule has 1 fully saturated rings. The SMILES string of the molecule is CCc1c(N2CCN(C(=O)c3ncnc(C)c3O)CC2)c(=O)c2nc(N(C)C)nnc2n1CC(=O)Nc1ccc(C(F)(F)F)cc1Cl. The van der Waals surface area contributed by atoms with E-state index in [0.29, 0.717) is 5.69 Å². The number of amides is 2. The van der Waals surface area contributed by atoms with E-state index >= 15 is 0 Å². The van der Waals surface area contributed by atoms with Gasteiger partial charge in [0.2, 0.25) is 17.3 Å². The van der Waals surface area contributed by atoms with E-state index in [4.69, 9.17) is 11.6 Å². The summed E-state index contributed by atoms with van der Waals surface area (Å²) in [4.78, 5) is 57.7. The predicted molar refractivity (Wildman–Crippen MR) is 167 cm³/mol. The fourth-order valence-corrected chi connectivity index (χ4v) is 5.45. The number of carbonyl (C=O) groups excluding carboxylic acids is 2. The first-order chi connectivity index (χ1) is 22.2. The molecule has 2 N–H and O–H groups in total. The number of carbonyl (C=O) groups is 2. The molecule has 0 atom stereocenters. The van der Waals surface area contributed by atoms with Crippen LogP contribution in [0, 0.1) is 6.92 Å². The summed E-state index contributed by atoms with van der Waals surface area (Å²) in [5.41, 5.74) is -0.593. The van der Waals surface area contributed by atoms with Gasteiger partial charge in [0.05, 0.1) is 22.0 Å². The number of pyridine rings is 1. The van der Waals surface area contributed by atoms with Crippen LogP contribution in [0.2, 0.25) is 5.02 Å². The second-order valence-electron chi connectivity index (χ2n) is 10.9. The number of hydrogen-bond donors (Lipinski definition) is 2. The molecule has 0 radical (unpaired) electrons. The number of aromatic nitrogens is 6. The van der Waals surface area contributed by atoms with Crippen molar-refractivity contribution >= 4 is 51.9 Å². The number of fused-ring (bicyclic) bond motifs is 1. The van der Waals surface area contributed by atoms with E-state index in [1.807, 2.05) is 0 Å². The Hall–Kier alpha value is -5.06. The summed E-state index contributed by atoms with van der Waals surface area (Å²) < 4.78 is 40.9. The fraction of sp³-hybridized carbons (Fsp3) is 0.379. The van der Waals surface area contributed by atoms with Crippen molar-refractivity contribution in [2.45, 2.75) is 33.0 Å². The zero-order chi connectivity index (χ0) is 34.2. The lowest BCUT2D eigenvalue weighted by atomic mass is 10.1. The number of piperazine rings is 1. The number of aromatic hydroxyl groups is 1. The normalized spacial score (nSPS) is 13.6. The van der Waals surface area contributed by atoms with Gasteiger partial charge in [0, 0.05) is 46.0 Å². The molecule has 5 rings (SSSR count). The van der Waals surface area contributed by atoms with Gasteiger partial charge in [-0.2, -0.15) is 13.2 Å². The molecule has 14 nitrogen and oxygen atoms in total. The standard InChI is InChI=1S/C29H30ClF3N10O4/c1-5-19-23(41-8-10-42(11-9-41)27(47)22-24(45)15(2)34-14-35-22)25(46)21-26(38-39-28(37-21)40(3)4)43(19)13-20(44)36-18-7-6-16(12-17(18)30)29(31,32)33/h6-7,12,14,45H,5,8-11,13H2,1-4H3,(H,36,44). The molecule has 4 heterocycles. The van der Waals surface area contributed by atoms with Crippen molar-refractivity contribution in [2.24, 2.45) is 0 Å². The minimum atomic E-state index is -4.61. The summed E-state index contributed by atoms with van der Waals surface area (Å²) >= 11 is 6.06. The Morgan fingerprint density at radius 3 is 2.43 bits per heavy atom. The highest BCUT2D eigenvalue weighted by atomic mass is 35.5. The van der Waals surface area contributed by atoms with Crippen LogP contribution in [-0.4, -0.2) is 91.8 Å². The van der Waals surface area contributed by atoms with Gasteiger partial charge in [0.25, 0.3) is 5.91 Å². The number of anilines is 3. The third-order valence-corrected chi connectivity index (χ3v) is 7.95. The average molecular weight is 675 g/mol. The number of hydrogen-bond acceptors (Lipinski definition) is 11. The van der Waals surface area contributed by atoms with Crippen LogP contribution in [0.15, 0.2) is 29.3 Å². The van der Waals surface area contributed by atoms with Crippen LogP contribution in [0.5, 0.6) is 5.75 Å². The van der Waals surface area contributed by atoms with Crippen LogP contribution in [0.25, 0.3) is 11.2 Å². The van der Waals surface area contributed by atoms with Gasteiger partial charge in [-0.1, -0.05) is 18.5 Å². The largest absolute Gasteiger partial charge is 0.504 e. The lowest BCUT2D eigenvalue weighted by Gasteiger charge is -2.37. The van der Waals surface area contributed by atoms with Crippen LogP contribution in [0.1, 0.15) is 34.4 Å². The minimum Gasteiger partial charge on any atom is -0.504 e. The summed E-state index contributed by atoms with van der Waals surface area (Å²) in [5, 5.41) is 20.9. The average Bonchev–Trinajstić information content (AvgIpc) is 3.03. The molecule has 4 aromatic rings. The quantitative estimate of drug-likeness (QED) is 0.296. The molecule has 2 amide bonds. The van der Waals surface area contributed by atoms with Crippen molar-refractivity contribution in [3.63, 3.8) is 0 Å². The van der Waals surface area contributed by atoms with Crippen LogP contribution >= 0.6 is 11.6 Å². The van der Waals surface area contributed by atoms with Gasteiger partial charge in [-0.25, -0.2) is 15.0 Å². The third-order valence-electron chi connectivity index (χ3n) is 7.64. The number of nitrogens with one attached hydrogen (secondary N) is 1. The second-order valence-corrected chi connectivity index (χ2v) is 11.3. The maximum absolute atomic E-state index is 14.0. The Labute approximate surface area is 270 Å². The summed E-state index contributed by atoms with van der Waals surface area (Å²) in [5.74, 6) is -1.27. The Morgan fingerprint density at radius 2 is 1.81 bits per heavy atom. The van der Waals surface area contributed by atoms with E-state index in [2.05, 4.69) is 30.5 Å². The number of nitrogens with zero attached hydrogens (tertiary/aromatic N) is 9. The molecular weight excluding hydrogens is 645 g/mol. The van der Waals surface area contributed by atoms with Crippen molar-refractivity contribution in [1.82, 2.24) is 34.6 Å². The second kappa shape index (κ2) is 13.0. The molecule has 1 aliphatic heterocycles. The van der Waals surface area contributed by atoms with Crippen molar-refractivity contribution < 1.29 is 27.9 Å². The summed E-state index contributed by atoms with van der Waals surface area (Å²) in [6.45, 7) is 3.81. The van der Waals surface area contributed by atoms with E-state index < -0.39 is 35.5 Å². The van der Waals surface area contributed by atoms with Gasteiger partial charge in [0.1, 0.15) is 18.6 Å². The summed E-state index contributed by atoms with van der Waals surface area (Å²) in [6.07, 6.45) is -3.14. The van der Waals surface area contributed by atoms with Gasteiger partial charge in [-0.3, -0.25) is 14.4 Å².